The number of hydrogen-bond donors (Lipinski definition) is 1. The van der Waals surface area contributed by atoms with Crippen molar-refractivity contribution in [3.05, 3.63) is 0 Å². The van der Waals surface area contributed by atoms with Crippen LogP contribution in [0.3, 0.4) is 0 Å². The largest absolute Gasteiger partial charge is 0.389 e. The van der Waals surface area contributed by atoms with E-state index in [1.807, 2.05) is 11.8 Å². The fourth-order valence-corrected chi connectivity index (χ4v) is 3.22. The summed E-state index contributed by atoms with van der Waals surface area (Å²) in [5, 5.41) is 10.2. The highest BCUT2D eigenvalue weighted by Gasteiger charge is 2.39. The normalized spacial score (nSPS) is 35.0. The molecule has 1 fully saturated rings. The third kappa shape index (κ3) is 1.97. The zero-order valence-corrected chi connectivity index (χ0v) is 9.16. The van der Waals surface area contributed by atoms with Crippen LogP contribution in [0.5, 0.6) is 0 Å². The Morgan fingerprint density at radius 2 is 2.17 bits per heavy atom. The molecular weight excluding hydrogens is 168 g/mol. The van der Waals surface area contributed by atoms with Crippen molar-refractivity contribution < 1.29 is 5.11 Å². The summed E-state index contributed by atoms with van der Waals surface area (Å²) in [6.45, 7) is 6.64. The lowest BCUT2D eigenvalue weighted by molar-refractivity contribution is -0.00883. The summed E-state index contributed by atoms with van der Waals surface area (Å²) in [7, 11) is 0. The third-order valence-corrected chi connectivity index (χ3v) is 4.57. The van der Waals surface area contributed by atoms with Gasteiger partial charge in [0, 0.05) is 5.75 Å². The Balaban J connectivity index is 2.54. The lowest BCUT2D eigenvalue weighted by Crippen LogP contribution is -2.39. The van der Waals surface area contributed by atoms with Crippen LogP contribution < -0.4 is 0 Å². The van der Waals surface area contributed by atoms with E-state index < -0.39 is 0 Å². The van der Waals surface area contributed by atoms with Crippen LogP contribution in [0.1, 0.15) is 33.6 Å². The van der Waals surface area contributed by atoms with Crippen molar-refractivity contribution in [3.63, 3.8) is 0 Å². The van der Waals surface area contributed by atoms with Gasteiger partial charge in [-0.2, -0.15) is 11.8 Å². The maximum absolute atomic E-state index is 10.2. The van der Waals surface area contributed by atoms with Crippen LogP contribution in [0, 0.1) is 11.8 Å². The Bertz CT molecular complexity index is 141. The predicted octanol–water partition coefficient (Wildman–Crippen LogP) is 2.54. The van der Waals surface area contributed by atoms with Gasteiger partial charge >= 0.3 is 0 Å². The average Bonchev–Trinajstić information content (AvgIpc) is 2.50. The van der Waals surface area contributed by atoms with Crippen molar-refractivity contribution >= 4 is 11.8 Å². The fourth-order valence-electron chi connectivity index (χ4n) is 1.81. The van der Waals surface area contributed by atoms with Crippen LogP contribution in [0.15, 0.2) is 0 Å². The van der Waals surface area contributed by atoms with E-state index >= 15 is 0 Å². The van der Waals surface area contributed by atoms with Crippen molar-refractivity contribution in [2.45, 2.75) is 39.2 Å². The molecule has 0 aliphatic carbocycles. The van der Waals surface area contributed by atoms with Crippen LogP contribution in [-0.4, -0.2) is 22.2 Å². The molecule has 0 saturated carbocycles. The Kier molecular flexibility index (Phi) is 3.47. The molecular formula is C10H20OS. The van der Waals surface area contributed by atoms with E-state index in [1.165, 1.54) is 6.42 Å². The molecule has 2 heteroatoms. The molecule has 1 nitrogen and oxygen atoms in total. The molecule has 3 atom stereocenters. The van der Waals surface area contributed by atoms with Crippen molar-refractivity contribution in [2.75, 3.05) is 11.5 Å². The van der Waals surface area contributed by atoms with Crippen LogP contribution in [0.25, 0.3) is 0 Å². The minimum absolute atomic E-state index is 0.361. The highest BCUT2D eigenvalue weighted by molar-refractivity contribution is 7.99. The molecule has 1 rings (SSSR count). The van der Waals surface area contributed by atoms with Crippen molar-refractivity contribution in [1.29, 1.82) is 0 Å². The van der Waals surface area contributed by atoms with Crippen LogP contribution >= 0.6 is 11.8 Å². The van der Waals surface area contributed by atoms with Gasteiger partial charge in [0.1, 0.15) is 0 Å². The number of rotatable bonds is 3. The SMILES string of the molecule is CCC(C)C(C)C1(O)CCSC1. The van der Waals surface area contributed by atoms with Gasteiger partial charge in [0.15, 0.2) is 0 Å². The maximum atomic E-state index is 10.2. The van der Waals surface area contributed by atoms with Gasteiger partial charge in [0.2, 0.25) is 0 Å². The smallest absolute Gasteiger partial charge is 0.0773 e. The Morgan fingerprint density at radius 1 is 1.50 bits per heavy atom. The first-order valence-corrected chi connectivity index (χ1v) is 6.05. The van der Waals surface area contributed by atoms with Crippen molar-refractivity contribution in [1.82, 2.24) is 0 Å². The molecule has 3 unspecified atom stereocenters. The number of hydrogen-bond acceptors (Lipinski definition) is 2. The molecule has 0 aromatic heterocycles. The molecule has 72 valence electrons. The van der Waals surface area contributed by atoms with E-state index in [0.29, 0.717) is 11.8 Å². The molecule has 0 aromatic rings. The van der Waals surface area contributed by atoms with Crippen LogP contribution in [-0.2, 0) is 0 Å². The molecule has 1 N–H and O–H groups in total. The molecule has 1 aliphatic rings. The van der Waals surface area contributed by atoms with Gasteiger partial charge in [0.05, 0.1) is 5.60 Å². The summed E-state index contributed by atoms with van der Waals surface area (Å²) in [5.74, 6) is 3.18. The van der Waals surface area contributed by atoms with Crippen LogP contribution in [0.4, 0.5) is 0 Å². The lowest BCUT2D eigenvalue weighted by Gasteiger charge is -2.33. The first-order chi connectivity index (χ1) is 5.60. The van der Waals surface area contributed by atoms with Crippen molar-refractivity contribution in [2.24, 2.45) is 11.8 Å². The van der Waals surface area contributed by atoms with Gasteiger partial charge in [-0.15, -0.1) is 0 Å². The van der Waals surface area contributed by atoms with E-state index in [9.17, 15) is 5.11 Å². The molecule has 0 amide bonds. The zero-order valence-electron chi connectivity index (χ0n) is 8.34. The second kappa shape index (κ2) is 4.01. The van der Waals surface area contributed by atoms with Crippen molar-refractivity contribution in [3.8, 4) is 0 Å². The summed E-state index contributed by atoms with van der Waals surface area (Å²) in [6, 6.07) is 0. The molecule has 1 aliphatic heterocycles. The molecule has 0 bridgehead atoms. The standard InChI is InChI=1S/C10H20OS/c1-4-8(2)9(3)10(11)5-6-12-7-10/h8-9,11H,4-7H2,1-3H3. The number of aliphatic hydroxyl groups is 1. The highest BCUT2D eigenvalue weighted by atomic mass is 32.2. The summed E-state index contributed by atoms with van der Waals surface area (Å²) < 4.78 is 0. The van der Waals surface area contributed by atoms with Gasteiger partial charge in [-0.1, -0.05) is 27.2 Å². The summed E-state index contributed by atoms with van der Waals surface area (Å²) in [6.07, 6.45) is 2.16. The van der Waals surface area contributed by atoms with E-state index in [0.717, 1.165) is 17.9 Å². The monoisotopic (exact) mass is 188 g/mol. The Hall–Kier alpha value is 0.310. The second-order valence-electron chi connectivity index (χ2n) is 4.08. The highest BCUT2D eigenvalue weighted by Crippen LogP contribution is 2.38. The topological polar surface area (TPSA) is 20.2 Å². The van der Waals surface area contributed by atoms with Gasteiger partial charge in [0.25, 0.3) is 0 Å². The first kappa shape index (κ1) is 10.4. The average molecular weight is 188 g/mol. The quantitative estimate of drug-likeness (QED) is 0.734. The summed E-state index contributed by atoms with van der Waals surface area (Å²) in [5.41, 5.74) is -0.361. The summed E-state index contributed by atoms with van der Waals surface area (Å²) in [4.78, 5) is 0. The Morgan fingerprint density at radius 3 is 2.58 bits per heavy atom. The predicted molar refractivity (Wildman–Crippen MR) is 55.5 cm³/mol. The minimum Gasteiger partial charge on any atom is -0.389 e. The third-order valence-electron chi connectivity index (χ3n) is 3.38. The minimum atomic E-state index is -0.361. The number of thioether (sulfide) groups is 1. The van der Waals surface area contributed by atoms with Gasteiger partial charge in [-0.3, -0.25) is 0 Å². The van der Waals surface area contributed by atoms with Crippen LogP contribution in [0.2, 0.25) is 0 Å². The maximum Gasteiger partial charge on any atom is 0.0773 e. The van der Waals surface area contributed by atoms with Gasteiger partial charge in [-0.25, -0.2) is 0 Å². The summed E-state index contributed by atoms with van der Waals surface area (Å²) >= 11 is 1.89. The second-order valence-corrected chi connectivity index (χ2v) is 5.19. The van der Waals surface area contributed by atoms with Gasteiger partial charge in [-0.05, 0) is 24.0 Å². The van der Waals surface area contributed by atoms with Gasteiger partial charge < -0.3 is 5.11 Å². The van der Waals surface area contributed by atoms with E-state index in [1.54, 1.807) is 0 Å². The molecule has 1 saturated heterocycles. The molecule has 0 aromatic carbocycles. The Labute approximate surface area is 79.9 Å². The zero-order chi connectivity index (χ0) is 9.19. The van der Waals surface area contributed by atoms with E-state index in [2.05, 4.69) is 20.8 Å². The molecule has 12 heavy (non-hydrogen) atoms. The molecule has 0 spiro atoms. The fraction of sp³-hybridized carbons (Fsp3) is 1.00. The van der Waals surface area contributed by atoms with E-state index in [-0.39, 0.29) is 5.60 Å². The molecule has 0 radical (unpaired) electrons. The van der Waals surface area contributed by atoms with E-state index in [4.69, 9.17) is 0 Å². The lowest BCUT2D eigenvalue weighted by atomic mass is 9.79. The molecule has 1 heterocycles. The first-order valence-electron chi connectivity index (χ1n) is 4.90.